The fraction of sp³-hybridized carbons (Fsp3) is 0.857. The first-order valence-corrected chi connectivity index (χ1v) is 4.06. The standard InChI is InChI=1S/C7H11F3N2O/c8-7(9,10)6(13)12-4-5-1-2-11-3-5/h5,11H,1-4H2,(H,12,13). The van der Waals surface area contributed by atoms with Gasteiger partial charge in [0.2, 0.25) is 0 Å². The van der Waals surface area contributed by atoms with Crippen molar-refractivity contribution in [3.63, 3.8) is 0 Å². The van der Waals surface area contributed by atoms with Crippen molar-refractivity contribution in [2.75, 3.05) is 19.6 Å². The van der Waals surface area contributed by atoms with E-state index in [1.165, 1.54) is 0 Å². The highest BCUT2D eigenvalue weighted by molar-refractivity contribution is 5.81. The highest BCUT2D eigenvalue weighted by atomic mass is 19.4. The van der Waals surface area contributed by atoms with E-state index in [9.17, 15) is 18.0 Å². The van der Waals surface area contributed by atoms with Gasteiger partial charge in [-0.25, -0.2) is 0 Å². The van der Waals surface area contributed by atoms with Gasteiger partial charge in [-0.05, 0) is 25.4 Å². The van der Waals surface area contributed by atoms with Gasteiger partial charge in [-0.15, -0.1) is 0 Å². The Hall–Kier alpha value is -0.780. The first kappa shape index (κ1) is 10.3. The van der Waals surface area contributed by atoms with Crippen LogP contribution in [-0.2, 0) is 4.79 Å². The number of hydrogen-bond acceptors (Lipinski definition) is 2. The Balaban J connectivity index is 2.22. The number of carbonyl (C=O) groups is 1. The molecule has 2 N–H and O–H groups in total. The van der Waals surface area contributed by atoms with Crippen molar-refractivity contribution < 1.29 is 18.0 Å². The summed E-state index contributed by atoms with van der Waals surface area (Å²) < 4.78 is 35.1. The van der Waals surface area contributed by atoms with Crippen LogP contribution in [0.3, 0.4) is 0 Å². The lowest BCUT2D eigenvalue weighted by Crippen LogP contribution is -2.39. The summed E-state index contributed by atoms with van der Waals surface area (Å²) in [5.41, 5.74) is 0. The zero-order valence-electron chi connectivity index (χ0n) is 6.95. The molecule has 0 radical (unpaired) electrons. The van der Waals surface area contributed by atoms with E-state index in [2.05, 4.69) is 5.32 Å². The monoisotopic (exact) mass is 196 g/mol. The summed E-state index contributed by atoms with van der Waals surface area (Å²) in [6.45, 7) is 1.59. The number of amides is 1. The van der Waals surface area contributed by atoms with Gasteiger partial charge in [0.15, 0.2) is 0 Å². The summed E-state index contributed by atoms with van der Waals surface area (Å²) in [4.78, 5) is 10.4. The smallest absolute Gasteiger partial charge is 0.348 e. The Kier molecular flexibility index (Phi) is 3.13. The number of hydrogen-bond donors (Lipinski definition) is 2. The summed E-state index contributed by atoms with van der Waals surface area (Å²) in [7, 11) is 0. The lowest BCUT2D eigenvalue weighted by atomic mass is 10.1. The topological polar surface area (TPSA) is 41.1 Å². The van der Waals surface area contributed by atoms with Gasteiger partial charge in [0.1, 0.15) is 0 Å². The normalized spacial score (nSPS) is 23.2. The van der Waals surface area contributed by atoms with E-state index >= 15 is 0 Å². The van der Waals surface area contributed by atoms with Gasteiger partial charge in [0, 0.05) is 6.54 Å². The number of halogens is 3. The van der Waals surface area contributed by atoms with Gasteiger partial charge < -0.3 is 10.6 Å². The minimum Gasteiger partial charge on any atom is -0.348 e. The first-order chi connectivity index (χ1) is 6.00. The predicted molar refractivity (Wildman–Crippen MR) is 40.0 cm³/mol. The third-order valence-electron chi connectivity index (χ3n) is 1.97. The lowest BCUT2D eigenvalue weighted by molar-refractivity contribution is -0.173. The highest BCUT2D eigenvalue weighted by Crippen LogP contribution is 2.14. The van der Waals surface area contributed by atoms with Crippen molar-refractivity contribution in [3.8, 4) is 0 Å². The Morgan fingerprint density at radius 1 is 1.54 bits per heavy atom. The first-order valence-electron chi connectivity index (χ1n) is 4.06. The molecule has 0 aliphatic carbocycles. The van der Waals surface area contributed by atoms with Crippen molar-refractivity contribution in [1.29, 1.82) is 0 Å². The molecule has 1 atom stereocenters. The van der Waals surface area contributed by atoms with Crippen molar-refractivity contribution >= 4 is 5.91 Å². The minimum atomic E-state index is -4.76. The van der Waals surface area contributed by atoms with Gasteiger partial charge >= 0.3 is 12.1 Å². The zero-order valence-corrected chi connectivity index (χ0v) is 6.95. The molecule has 76 valence electrons. The molecule has 1 fully saturated rings. The molecule has 0 bridgehead atoms. The molecule has 1 aliphatic rings. The van der Waals surface area contributed by atoms with Crippen LogP contribution in [-0.4, -0.2) is 31.7 Å². The molecule has 3 nitrogen and oxygen atoms in total. The number of carbonyl (C=O) groups excluding carboxylic acids is 1. The average molecular weight is 196 g/mol. The van der Waals surface area contributed by atoms with Crippen LogP contribution in [0.1, 0.15) is 6.42 Å². The third-order valence-corrected chi connectivity index (χ3v) is 1.97. The van der Waals surface area contributed by atoms with E-state index in [1.54, 1.807) is 0 Å². The molecule has 0 aromatic heterocycles. The van der Waals surface area contributed by atoms with E-state index in [0.29, 0.717) is 6.54 Å². The Bertz CT molecular complexity index is 187. The molecule has 0 aromatic rings. The summed E-state index contributed by atoms with van der Waals surface area (Å²) in [6.07, 6.45) is -3.94. The van der Waals surface area contributed by atoms with Crippen LogP contribution < -0.4 is 10.6 Å². The van der Waals surface area contributed by atoms with Gasteiger partial charge in [0.25, 0.3) is 0 Å². The Morgan fingerprint density at radius 2 is 2.23 bits per heavy atom. The molecule has 0 spiro atoms. The molecule has 1 aliphatic heterocycles. The molecule has 0 aromatic carbocycles. The molecule has 1 unspecified atom stereocenters. The maximum atomic E-state index is 11.7. The summed E-state index contributed by atoms with van der Waals surface area (Å²) in [5.74, 6) is -1.72. The van der Waals surface area contributed by atoms with Crippen LogP contribution in [0.4, 0.5) is 13.2 Å². The SMILES string of the molecule is O=C(NCC1CCNC1)C(F)(F)F. The largest absolute Gasteiger partial charge is 0.471 e. The van der Waals surface area contributed by atoms with Gasteiger partial charge in [0.05, 0.1) is 0 Å². The Morgan fingerprint density at radius 3 is 2.69 bits per heavy atom. The molecule has 1 saturated heterocycles. The predicted octanol–water partition coefficient (Wildman–Crippen LogP) is 0.274. The molecule has 1 rings (SSSR count). The van der Waals surface area contributed by atoms with Crippen LogP contribution >= 0.6 is 0 Å². The highest BCUT2D eigenvalue weighted by Gasteiger charge is 2.38. The van der Waals surface area contributed by atoms with E-state index < -0.39 is 12.1 Å². The van der Waals surface area contributed by atoms with E-state index in [1.807, 2.05) is 5.32 Å². The summed E-state index contributed by atoms with van der Waals surface area (Å²) >= 11 is 0. The van der Waals surface area contributed by atoms with Crippen LogP contribution in [0, 0.1) is 5.92 Å². The van der Waals surface area contributed by atoms with E-state index in [4.69, 9.17) is 0 Å². The van der Waals surface area contributed by atoms with Crippen molar-refractivity contribution in [1.82, 2.24) is 10.6 Å². The van der Waals surface area contributed by atoms with Crippen molar-refractivity contribution in [2.45, 2.75) is 12.6 Å². The third kappa shape index (κ3) is 3.22. The molecule has 0 saturated carbocycles. The maximum absolute atomic E-state index is 11.7. The second kappa shape index (κ2) is 3.95. The van der Waals surface area contributed by atoms with Crippen LogP contribution in [0.25, 0.3) is 0 Å². The van der Waals surface area contributed by atoms with Crippen molar-refractivity contribution in [2.24, 2.45) is 5.92 Å². The molecule has 1 heterocycles. The lowest BCUT2D eigenvalue weighted by Gasteiger charge is -2.11. The van der Waals surface area contributed by atoms with Crippen molar-refractivity contribution in [3.05, 3.63) is 0 Å². The van der Waals surface area contributed by atoms with Crippen LogP contribution in [0.2, 0.25) is 0 Å². The second-order valence-electron chi connectivity index (χ2n) is 3.07. The summed E-state index contributed by atoms with van der Waals surface area (Å²) in [5, 5.41) is 4.86. The minimum absolute atomic E-state index is 0.103. The molecular formula is C7H11F3N2O. The second-order valence-corrected chi connectivity index (χ2v) is 3.07. The fourth-order valence-electron chi connectivity index (χ4n) is 1.23. The van der Waals surface area contributed by atoms with Crippen LogP contribution in [0.5, 0.6) is 0 Å². The quantitative estimate of drug-likeness (QED) is 0.665. The molecule has 1 amide bonds. The van der Waals surface area contributed by atoms with Gasteiger partial charge in [-0.3, -0.25) is 4.79 Å². The average Bonchev–Trinajstić information content (AvgIpc) is 2.50. The molecular weight excluding hydrogens is 185 g/mol. The summed E-state index contributed by atoms with van der Waals surface area (Å²) in [6, 6.07) is 0. The fourth-order valence-corrected chi connectivity index (χ4v) is 1.23. The number of nitrogens with one attached hydrogen (secondary N) is 2. The van der Waals surface area contributed by atoms with E-state index in [0.717, 1.165) is 13.0 Å². The van der Waals surface area contributed by atoms with Gasteiger partial charge in [-0.2, -0.15) is 13.2 Å². The maximum Gasteiger partial charge on any atom is 0.471 e. The zero-order chi connectivity index (χ0) is 9.90. The van der Waals surface area contributed by atoms with Crippen LogP contribution in [0.15, 0.2) is 0 Å². The number of rotatable bonds is 2. The van der Waals surface area contributed by atoms with Gasteiger partial charge in [-0.1, -0.05) is 0 Å². The molecule has 13 heavy (non-hydrogen) atoms. The van der Waals surface area contributed by atoms with E-state index in [-0.39, 0.29) is 12.5 Å². The molecule has 6 heteroatoms. The number of alkyl halides is 3. The Labute approximate surface area is 73.7 Å².